The van der Waals surface area contributed by atoms with Gasteiger partial charge in [0.05, 0.1) is 18.1 Å². The maximum Gasteiger partial charge on any atom is 0.416 e. The van der Waals surface area contributed by atoms with Crippen LogP contribution in [0.5, 0.6) is 0 Å². The lowest BCUT2D eigenvalue weighted by Crippen LogP contribution is -2.46. The number of halogens is 5. The standard InChI is InChI=1S/C18H23F4N3O2.HI/c1-3-27-16(26)12-6-8-25(9-7-12)17(23-2)24-11-13-4-5-14(19)10-15(13)18(20,21)22;/h4-5,10,12H,3,6-9,11H2,1-2H3,(H,23,24);1H. The van der Waals surface area contributed by atoms with Crippen molar-refractivity contribution in [2.45, 2.75) is 32.5 Å². The van der Waals surface area contributed by atoms with E-state index in [1.54, 1.807) is 6.92 Å². The first-order chi connectivity index (χ1) is 12.8. The van der Waals surface area contributed by atoms with Gasteiger partial charge in [0.25, 0.3) is 0 Å². The number of guanidine groups is 1. The van der Waals surface area contributed by atoms with Gasteiger partial charge in [-0.25, -0.2) is 4.39 Å². The summed E-state index contributed by atoms with van der Waals surface area (Å²) in [6, 6.07) is 2.61. The largest absolute Gasteiger partial charge is 0.466 e. The second-order valence-electron chi connectivity index (χ2n) is 6.21. The second-order valence-corrected chi connectivity index (χ2v) is 6.21. The molecular weight excluding hydrogens is 493 g/mol. The third-order valence-corrected chi connectivity index (χ3v) is 4.44. The summed E-state index contributed by atoms with van der Waals surface area (Å²) < 4.78 is 57.5. The smallest absolute Gasteiger partial charge is 0.416 e. The average Bonchev–Trinajstić information content (AvgIpc) is 2.63. The van der Waals surface area contributed by atoms with E-state index in [9.17, 15) is 22.4 Å². The van der Waals surface area contributed by atoms with Crippen molar-refractivity contribution in [1.29, 1.82) is 0 Å². The lowest BCUT2D eigenvalue weighted by molar-refractivity contribution is -0.149. The van der Waals surface area contributed by atoms with Crippen LogP contribution in [0, 0.1) is 11.7 Å². The van der Waals surface area contributed by atoms with Crippen molar-refractivity contribution in [3.8, 4) is 0 Å². The molecule has 5 nitrogen and oxygen atoms in total. The van der Waals surface area contributed by atoms with E-state index in [0.717, 1.165) is 12.1 Å². The van der Waals surface area contributed by atoms with E-state index >= 15 is 0 Å². The van der Waals surface area contributed by atoms with Crippen LogP contribution >= 0.6 is 24.0 Å². The molecule has 0 spiro atoms. The molecule has 0 aliphatic carbocycles. The van der Waals surface area contributed by atoms with E-state index in [1.807, 2.05) is 4.90 Å². The number of nitrogens with zero attached hydrogens (tertiary/aromatic N) is 2. The first kappa shape index (κ1) is 24.4. The molecule has 0 bridgehead atoms. The van der Waals surface area contributed by atoms with Crippen LogP contribution in [0.4, 0.5) is 17.6 Å². The van der Waals surface area contributed by atoms with Crippen LogP contribution in [0.1, 0.15) is 30.9 Å². The summed E-state index contributed by atoms with van der Waals surface area (Å²) in [5.74, 6) is -0.888. The quantitative estimate of drug-likeness (QED) is 0.217. The Labute approximate surface area is 178 Å². The highest BCUT2D eigenvalue weighted by Gasteiger charge is 2.34. The number of likely N-dealkylation sites (tertiary alicyclic amines) is 1. The van der Waals surface area contributed by atoms with Crippen molar-refractivity contribution < 1.29 is 27.1 Å². The summed E-state index contributed by atoms with van der Waals surface area (Å²) in [6.45, 7) is 3.03. The van der Waals surface area contributed by atoms with Gasteiger partial charge < -0.3 is 15.0 Å². The number of nitrogens with one attached hydrogen (secondary N) is 1. The van der Waals surface area contributed by atoms with Crippen molar-refractivity contribution >= 4 is 35.9 Å². The number of ether oxygens (including phenoxy) is 1. The van der Waals surface area contributed by atoms with E-state index in [-0.39, 0.29) is 48.0 Å². The van der Waals surface area contributed by atoms with Gasteiger partial charge in [0.15, 0.2) is 5.96 Å². The summed E-state index contributed by atoms with van der Waals surface area (Å²) in [4.78, 5) is 17.8. The summed E-state index contributed by atoms with van der Waals surface area (Å²) >= 11 is 0. The number of esters is 1. The lowest BCUT2D eigenvalue weighted by atomic mass is 9.97. The lowest BCUT2D eigenvalue weighted by Gasteiger charge is -2.33. The molecule has 1 N–H and O–H groups in total. The minimum atomic E-state index is -4.64. The highest BCUT2D eigenvalue weighted by Crippen LogP contribution is 2.32. The third kappa shape index (κ3) is 6.49. The number of piperidine rings is 1. The van der Waals surface area contributed by atoms with Crippen LogP contribution in [-0.2, 0) is 22.3 Å². The zero-order chi connectivity index (χ0) is 20.0. The van der Waals surface area contributed by atoms with Gasteiger partial charge in [-0.2, -0.15) is 13.2 Å². The Kier molecular flexibility index (Phi) is 9.45. The Balaban J connectivity index is 0.00000392. The second kappa shape index (κ2) is 10.8. The number of aliphatic imine (C=N–C) groups is 1. The number of alkyl halides is 3. The van der Waals surface area contributed by atoms with Crippen LogP contribution in [-0.4, -0.2) is 43.6 Å². The molecule has 0 amide bonds. The van der Waals surface area contributed by atoms with Gasteiger partial charge in [0, 0.05) is 26.7 Å². The van der Waals surface area contributed by atoms with Gasteiger partial charge in [-0.1, -0.05) is 6.07 Å². The third-order valence-electron chi connectivity index (χ3n) is 4.44. The maximum atomic E-state index is 13.2. The molecule has 1 aliphatic heterocycles. The Morgan fingerprint density at radius 3 is 2.50 bits per heavy atom. The van der Waals surface area contributed by atoms with Gasteiger partial charge in [0.2, 0.25) is 0 Å². The van der Waals surface area contributed by atoms with Crippen LogP contribution < -0.4 is 5.32 Å². The van der Waals surface area contributed by atoms with E-state index < -0.39 is 17.6 Å². The Morgan fingerprint density at radius 1 is 1.32 bits per heavy atom. The van der Waals surface area contributed by atoms with Crippen molar-refractivity contribution in [1.82, 2.24) is 10.2 Å². The van der Waals surface area contributed by atoms with Crippen molar-refractivity contribution in [3.63, 3.8) is 0 Å². The molecule has 0 saturated carbocycles. The zero-order valence-corrected chi connectivity index (χ0v) is 18.0. The average molecular weight is 517 g/mol. The van der Waals surface area contributed by atoms with Gasteiger partial charge in [-0.05, 0) is 37.5 Å². The number of rotatable bonds is 4. The Bertz CT molecular complexity index is 690. The van der Waals surface area contributed by atoms with E-state index in [0.29, 0.717) is 44.6 Å². The Morgan fingerprint density at radius 2 is 1.96 bits per heavy atom. The van der Waals surface area contributed by atoms with Crippen molar-refractivity contribution in [3.05, 3.63) is 35.1 Å². The van der Waals surface area contributed by atoms with Crippen LogP contribution in [0.15, 0.2) is 23.2 Å². The molecule has 1 aromatic carbocycles. The maximum absolute atomic E-state index is 13.2. The summed E-state index contributed by atoms with van der Waals surface area (Å²) in [7, 11) is 1.54. The first-order valence-corrected chi connectivity index (χ1v) is 8.74. The van der Waals surface area contributed by atoms with Crippen molar-refractivity contribution in [2.24, 2.45) is 10.9 Å². The van der Waals surface area contributed by atoms with E-state index in [4.69, 9.17) is 4.74 Å². The van der Waals surface area contributed by atoms with E-state index in [2.05, 4.69) is 10.3 Å². The van der Waals surface area contributed by atoms with Gasteiger partial charge in [-0.3, -0.25) is 9.79 Å². The van der Waals surface area contributed by atoms with Crippen LogP contribution in [0.25, 0.3) is 0 Å². The minimum absolute atomic E-state index is 0. The predicted molar refractivity (Wildman–Crippen MR) is 108 cm³/mol. The van der Waals surface area contributed by atoms with Gasteiger partial charge >= 0.3 is 12.1 Å². The SMILES string of the molecule is CCOC(=O)C1CCN(C(=NC)NCc2ccc(F)cc2C(F)(F)F)CC1.I. The number of carbonyl (C=O) groups excluding carboxylic acids is 1. The summed E-state index contributed by atoms with van der Waals surface area (Å²) in [5, 5.41) is 2.89. The van der Waals surface area contributed by atoms with Crippen LogP contribution in [0.2, 0.25) is 0 Å². The topological polar surface area (TPSA) is 53.9 Å². The van der Waals surface area contributed by atoms with Gasteiger partial charge in [0.1, 0.15) is 5.82 Å². The van der Waals surface area contributed by atoms with Crippen molar-refractivity contribution in [2.75, 3.05) is 26.7 Å². The molecule has 1 heterocycles. The molecule has 158 valence electrons. The molecule has 2 rings (SSSR count). The van der Waals surface area contributed by atoms with Gasteiger partial charge in [-0.15, -0.1) is 24.0 Å². The molecule has 0 radical (unpaired) electrons. The molecule has 10 heteroatoms. The molecule has 1 aromatic rings. The number of hydrogen-bond donors (Lipinski definition) is 1. The molecular formula is C18H24F4IN3O2. The zero-order valence-electron chi connectivity index (χ0n) is 15.7. The molecule has 28 heavy (non-hydrogen) atoms. The number of carbonyl (C=O) groups is 1. The summed E-state index contributed by atoms with van der Waals surface area (Å²) in [5.41, 5.74) is -1.07. The van der Waals surface area contributed by atoms with E-state index in [1.165, 1.54) is 7.05 Å². The number of benzene rings is 1. The number of hydrogen-bond acceptors (Lipinski definition) is 3. The fourth-order valence-corrected chi connectivity index (χ4v) is 3.06. The summed E-state index contributed by atoms with van der Waals surface area (Å²) in [6.07, 6.45) is -3.46. The normalized spacial score (nSPS) is 15.8. The monoisotopic (exact) mass is 517 g/mol. The molecule has 0 atom stereocenters. The highest BCUT2D eigenvalue weighted by atomic mass is 127. The fraction of sp³-hybridized carbons (Fsp3) is 0.556. The molecule has 0 aromatic heterocycles. The van der Waals surface area contributed by atoms with Crippen LogP contribution in [0.3, 0.4) is 0 Å². The molecule has 0 unspecified atom stereocenters. The fourth-order valence-electron chi connectivity index (χ4n) is 3.06. The predicted octanol–water partition coefficient (Wildman–Crippen LogP) is 3.81. The first-order valence-electron chi connectivity index (χ1n) is 8.74. The highest BCUT2D eigenvalue weighted by molar-refractivity contribution is 14.0. The minimum Gasteiger partial charge on any atom is -0.466 e. The molecule has 1 aliphatic rings. The Hall–Kier alpha value is -1.59. The molecule has 1 saturated heterocycles. The molecule has 1 fully saturated rings.